The van der Waals surface area contributed by atoms with Gasteiger partial charge in [-0.15, -0.1) is 0 Å². The minimum absolute atomic E-state index is 0.126. The van der Waals surface area contributed by atoms with Gasteiger partial charge < -0.3 is 20.5 Å². The van der Waals surface area contributed by atoms with Gasteiger partial charge in [-0.3, -0.25) is 0 Å². The van der Waals surface area contributed by atoms with Crippen molar-refractivity contribution in [3.8, 4) is 11.5 Å². The SMILES string of the molecule is N[C@H]1CC(CNc2ccc3c(c2)OCCO3)=CC[C@@H]1c1cc(F)c(F)cc1F. The Morgan fingerprint density at radius 2 is 1.71 bits per heavy atom. The molecule has 0 saturated heterocycles. The average molecular weight is 390 g/mol. The van der Waals surface area contributed by atoms with Crippen LogP contribution in [-0.2, 0) is 0 Å². The molecule has 2 aromatic rings. The molecule has 2 atom stereocenters. The zero-order valence-electron chi connectivity index (χ0n) is 15.2. The number of rotatable bonds is 4. The van der Waals surface area contributed by atoms with Gasteiger partial charge >= 0.3 is 0 Å². The van der Waals surface area contributed by atoms with E-state index in [1.165, 1.54) is 0 Å². The molecule has 0 fully saturated rings. The quantitative estimate of drug-likeness (QED) is 0.609. The molecule has 148 valence electrons. The molecule has 0 amide bonds. The van der Waals surface area contributed by atoms with E-state index in [-0.39, 0.29) is 17.5 Å². The van der Waals surface area contributed by atoms with Gasteiger partial charge in [-0.05, 0) is 36.6 Å². The van der Waals surface area contributed by atoms with E-state index in [1.54, 1.807) is 0 Å². The Labute approximate surface area is 161 Å². The Bertz CT molecular complexity index is 917. The third-order valence-electron chi connectivity index (χ3n) is 5.18. The van der Waals surface area contributed by atoms with E-state index >= 15 is 0 Å². The minimum atomic E-state index is -1.19. The van der Waals surface area contributed by atoms with E-state index in [4.69, 9.17) is 15.2 Å². The molecule has 1 aliphatic heterocycles. The average Bonchev–Trinajstić information content (AvgIpc) is 2.69. The molecular formula is C21H21F3N2O2. The van der Waals surface area contributed by atoms with Gasteiger partial charge in [-0.25, -0.2) is 13.2 Å². The van der Waals surface area contributed by atoms with E-state index < -0.39 is 17.5 Å². The van der Waals surface area contributed by atoms with Gasteiger partial charge in [0, 0.05) is 36.3 Å². The van der Waals surface area contributed by atoms with Crippen LogP contribution in [0, 0.1) is 17.5 Å². The maximum atomic E-state index is 14.1. The third kappa shape index (κ3) is 3.80. The first kappa shape index (κ1) is 18.7. The van der Waals surface area contributed by atoms with Gasteiger partial charge in [-0.1, -0.05) is 11.6 Å². The normalized spacial score (nSPS) is 21.2. The van der Waals surface area contributed by atoms with Gasteiger partial charge in [-0.2, -0.15) is 0 Å². The lowest BCUT2D eigenvalue weighted by molar-refractivity contribution is 0.171. The van der Waals surface area contributed by atoms with Crippen molar-refractivity contribution < 1.29 is 22.6 Å². The second-order valence-corrected chi connectivity index (χ2v) is 7.07. The Kier molecular flexibility index (Phi) is 5.17. The monoisotopic (exact) mass is 390 g/mol. The highest BCUT2D eigenvalue weighted by molar-refractivity contribution is 5.55. The zero-order chi connectivity index (χ0) is 19.7. The molecule has 1 heterocycles. The van der Waals surface area contributed by atoms with Crippen LogP contribution in [0.15, 0.2) is 42.0 Å². The molecule has 0 aromatic heterocycles. The number of nitrogens with one attached hydrogen (secondary N) is 1. The van der Waals surface area contributed by atoms with Crippen LogP contribution in [0.5, 0.6) is 11.5 Å². The van der Waals surface area contributed by atoms with Crippen molar-refractivity contribution >= 4 is 5.69 Å². The summed E-state index contributed by atoms with van der Waals surface area (Å²) in [7, 11) is 0. The van der Waals surface area contributed by atoms with E-state index in [9.17, 15) is 13.2 Å². The summed E-state index contributed by atoms with van der Waals surface area (Å²) in [6.07, 6.45) is 3.00. The molecule has 4 nitrogen and oxygen atoms in total. The summed E-state index contributed by atoms with van der Waals surface area (Å²) < 4.78 is 51.8. The van der Waals surface area contributed by atoms with Crippen LogP contribution in [0.2, 0.25) is 0 Å². The lowest BCUT2D eigenvalue weighted by Gasteiger charge is -2.29. The summed E-state index contributed by atoms with van der Waals surface area (Å²) in [5.41, 5.74) is 8.34. The molecule has 0 saturated carbocycles. The maximum Gasteiger partial charge on any atom is 0.163 e. The molecule has 0 radical (unpaired) electrons. The van der Waals surface area contributed by atoms with E-state index in [1.807, 2.05) is 24.3 Å². The summed E-state index contributed by atoms with van der Waals surface area (Å²) in [5.74, 6) is -1.95. The lowest BCUT2D eigenvalue weighted by atomic mass is 9.80. The molecule has 3 N–H and O–H groups in total. The molecule has 2 aromatic carbocycles. The summed E-state index contributed by atoms with van der Waals surface area (Å²) in [4.78, 5) is 0. The number of fused-ring (bicyclic) bond motifs is 1. The number of nitrogens with two attached hydrogens (primary N) is 1. The fourth-order valence-corrected chi connectivity index (χ4v) is 3.69. The second kappa shape index (κ2) is 7.75. The van der Waals surface area contributed by atoms with Crippen LogP contribution in [-0.4, -0.2) is 25.8 Å². The van der Waals surface area contributed by atoms with Crippen LogP contribution in [0.1, 0.15) is 24.3 Å². The zero-order valence-corrected chi connectivity index (χ0v) is 15.2. The Morgan fingerprint density at radius 3 is 2.50 bits per heavy atom. The summed E-state index contributed by atoms with van der Waals surface area (Å²) >= 11 is 0. The molecular weight excluding hydrogens is 369 g/mol. The van der Waals surface area contributed by atoms with Crippen molar-refractivity contribution in [1.82, 2.24) is 0 Å². The maximum absolute atomic E-state index is 14.1. The summed E-state index contributed by atoms with van der Waals surface area (Å²) in [5, 5.41) is 3.32. The van der Waals surface area contributed by atoms with Crippen LogP contribution in [0.4, 0.5) is 18.9 Å². The highest BCUT2D eigenvalue weighted by Crippen LogP contribution is 2.35. The van der Waals surface area contributed by atoms with Gasteiger partial charge in [0.25, 0.3) is 0 Å². The van der Waals surface area contributed by atoms with Gasteiger partial charge in [0.15, 0.2) is 23.1 Å². The standard InChI is InChI=1S/C21H21F3N2O2/c22-16-10-18(24)17(23)9-15(16)14-3-1-12(7-19(14)25)11-26-13-2-4-20-21(8-13)28-6-5-27-20/h1-2,4,8-10,14,19,26H,3,5-7,11,25H2/t14-,19+/m1/s1. The highest BCUT2D eigenvalue weighted by Gasteiger charge is 2.27. The molecule has 2 aliphatic rings. The van der Waals surface area contributed by atoms with Crippen LogP contribution >= 0.6 is 0 Å². The van der Waals surface area contributed by atoms with Crippen molar-refractivity contribution in [2.75, 3.05) is 25.1 Å². The first-order valence-electron chi connectivity index (χ1n) is 9.22. The summed E-state index contributed by atoms with van der Waals surface area (Å²) in [6, 6.07) is 6.79. The fraction of sp³-hybridized carbons (Fsp3) is 0.333. The predicted molar refractivity (Wildman–Crippen MR) is 100 cm³/mol. The minimum Gasteiger partial charge on any atom is -0.486 e. The third-order valence-corrected chi connectivity index (χ3v) is 5.18. The number of benzene rings is 2. The Hall–Kier alpha value is -2.67. The van der Waals surface area contributed by atoms with Crippen LogP contribution in [0.3, 0.4) is 0 Å². The van der Waals surface area contributed by atoms with Crippen LogP contribution in [0.25, 0.3) is 0 Å². The largest absolute Gasteiger partial charge is 0.486 e. The number of ether oxygens (including phenoxy) is 2. The van der Waals surface area contributed by atoms with E-state index in [0.29, 0.717) is 44.4 Å². The molecule has 28 heavy (non-hydrogen) atoms. The molecule has 7 heteroatoms. The van der Waals surface area contributed by atoms with Crippen molar-refractivity contribution in [3.63, 3.8) is 0 Å². The first-order valence-corrected chi connectivity index (χ1v) is 9.22. The van der Waals surface area contributed by atoms with Crippen molar-refractivity contribution in [2.24, 2.45) is 5.73 Å². The molecule has 0 spiro atoms. The molecule has 1 aliphatic carbocycles. The Balaban J connectivity index is 1.42. The lowest BCUT2D eigenvalue weighted by Crippen LogP contribution is -2.33. The van der Waals surface area contributed by atoms with Crippen LogP contribution < -0.4 is 20.5 Å². The molecule has 0 bridgehead atoms. The number of hydrogen-bond acceptors (Lipinski definition) is 4. The fourth-order valence-electron chi connectivity index (χ4n) is 3.69. The number of halogens is 3. The van der Waals surface area contributed by atoms with Crippen molar-refractivity contribution in [3.05, 3.63) is 65.0 Å². The van der Waals surface area contributed by atoms with Gasteiger partial charge in [0.1, 0.15) is 19.0 Å². The van der Waals surface area contributed by atoms with Gasteiger partial charge in [0.05, 0.1) is 0 Å². The van der Waals surface area contributed by atoms with E-state index in [2.05, 4.69) is 5.32 Å². The molecule has 4 rings (SSSR count). The van der Waals surface area contributed by atoms with Crippen molar-refractivity contribution in [1.29, 1.82) is 0 Å². The highest BCUT2D eigenvalue weighted by atomic mass is 19.2. The van der Waals surface area contributed by atoms with E-state index in [0.717, 1.165) is 23.1 Å². The predicted octanol–water partition coefficient (Wildman–Crippen LogP) is 4.12. The number of anilines is 1. The number of allylic oxidation sites excluding steroid dienone is 1. The first-order chi connectivity index (χ1) is 13.5. The molecule has 0 unspecified atom stereocenters. The Morgan fingerprint density at radius 1 is 0.964 bits per heavy atom. The second-order valence-electron chi connectivity index (χ2n) is 7.07. The topological polar surface area (TPSA) is 56.5 Å². The smallest absolute Gasteiger partial charge is 0.163 e. The summed E-state index contributed by atoms with van der Waals surface area (Å²) in [6.45, 7) is 1.66. The van der Waals surface area contributed by atoms with Crippen molar-refractivity contribution in [2.45, 2.75) is 24.8 Å². The number of hydrogen-bond donors (Lipinski definition) is 2. The van der Waals surface area contributed by atoms with Gasteiger partial charge in [0.2, 0.25) is 0 Å².